The van der Waals surface area contributed by atoms with Crippen LogP contribution >= 0.6 is 0 Å². The Morgan fingerprint density at radius 2 is 0.566 bits per heavy atom. The van der Waals surface area contributed by atoms with Gasteiger partial charge >= 0.3 is 0 Å². The second kappa shape index (κ2) is 14.3. The van der Waals surface area contributed by atoms with Gasteiger partial charge in [-0.2, -0.15) is 0 Å². The van der Waals surface area contributed by atoms with Gasteiger partial charge in [-0.1, -0.05) is 188 Å². The molecule has 0 saturated carbocycles. The maximum atomic E-state index is 2.42. The van der Waals surface area contributed by atoms with Crippen LogP contribution in [0.5, 0.6) is 0 Å². The van der Waals surface area contributed by atoms with Crippen LogP contribution in [-0.4, -0.2) is 0 Å². The normalized spacial score (nSPS) is 11.0. The number of benzene rings is 9. The molecule has 9 aromatic rings. The highest BCUT2D eigenvalue weighted by atomic mass is 15.1. The lowest BCUT2D eigenvalue weighted by Gasteiger charge is -2.29. The summed E-state index contributed by atoms with van der Waals surface area (Å²) in [5, 5.41) is 2.40. The molecule has 0 aliphatic rings. The Labute approximate surface area is 311 Å². The molecular formula is C52H37N. The van der Waals surface area contributed by atoms with Gasteiger partial charge in [-0.05, 0) is 97.2 Å². The van der Waals surface area contributed by atoms with Crippen LogP contribution in [0.15, 0.2) is 224 Å². The average molecular weight is 676 g/mol. The summed E-state index contributed by atoms with van der Waals surface area (Å²) in [6, 6.07) is 80.9. The maximum Gasteiger partial charge on any atom is 0.0546 e. The van der Waals surface area contributed by atoms with Gasteiger partial charge in [0.2, 0.25) is 0 Å². The molecule has 1 nitrogen and oxygen atoms in total. The van der Waals surface area contributed by atoms with E-state index >= 15 is 0 Å². The number of rotatable bonds is 8. The van der Waals surface area contributed by atoms with E-state index in [1.807, 2.05) is 0 Å². The Morgan fingerprint density at radius 3 is 1.06 bits per heavy atom. The molecule has 0 bridgehead atoms. The third-order valence-corrected chi connectivity index (χ3v) is 10.1. The summed E-state index contributed by atoms with van der Waals surface area (Å²) in [6.07, 6.45) is 0. The minimum Gasteiger partial charge on any atom is -0.310 e. The number of anilines is 3. The zero-order chi connectivity index (χ0) is 35.4. The second-order valence-electron chi connectivity index (χ2n) is 13.3. The molecule has 0 unspecified atom stereocenters. The Balaban J connectivity index is 1.27. The minimum absolute atomic E-state index is 1.09. The lowest BCUT2D eigenvalue weighted by molar-refractivity contribution is 1.29. The fourth-order valence-corrected chi connectivity index (χ4v) is 7.46. The van der Waals surface area contributed by atoms with Crippen LogP contribution in [0, 0.1) is 0 Å². The molecule has 1 heteroatoms. The molecule has 0 spiro atoms. The van der Waals surface area contributed by atoms with Crippen molar-refractivity contribution in [3.63, 3.8) is 0 Å². The molecule has 9 aromatic carbocycles. The SMILES string of the molecule is c1ccc(-c2ccc(N(c3ccc(-c4ccccc4)cc3)c3cc4ccccc4cc3-c3ccccc3-c3ccccc3-c3ccccc3)cc2)cc1. The topological polar surface area (TPSA) is 3.24 Å². The van der Waals surface area contributed by atoms with Crippen molar-refractivity contribution in [2.75, 3.05) is 4.90 Å². The monoisotopic (exact) mass is 675 g/mol. The summed E-state index contributed by atoms with van der Waals surface area (Å²) in [4.78, 5) is 2.42. The van der Waals surface area contributed by atoms with Crippen molar-refractivity contribution in [3.8, 4) is 55.6 Å². The zero-order valence-electron chi connectivity index (χ0n) is 29.3. The van der Waals surface area contributed by atoms with Gasteiger partial charge in [0.15, 0.2) is 0 Å². The smallest absolute Gasteiger partial charge is 0.0546 e. The fourth-order valence-electron chi connectivity index (χ4n) is 7.46. The maximum absolute atomic E-state index is 2.42. The molecule has 9 rings (SSSR count). The molecule has 0 heterocycles. The number of nitrogens with zero attached hydrogens (tertiary/aromatic N) is 1. The highest BCUT2D eigenvalue weighted by Gasteiger charge is 2.21. The van der Waals surface area contributed by atoms with E-state index in [1.165, 1.54) is 66.4 Å². The van der Waals surface area contributed by atoms with E-state index in [9.17, 15) is 0 Å². The molecule has 0 aliphatic heterocycles. The third-order valence-electron chi connectivity index (χ3n) is 10.1. The van der Waals surface area contributed by atoms with Gasteiger partial charge in [0.25, 0.3) is 0 Å². The van der Waals surface area contributed by atoms with E-state index in [4.69, 9.17) is 0 Å². The van der Waals surface area contributed by atoms with Crippen LogP contribution < -0.4 is 4.90 Å². The lowest BCUT2D eigenvalue weighted by Crippen LogP contribution is -2.11. The van der Waals surface area contributed by atoms with Crippen LogP contribution in [0.4, 0.5) is 17.1 Å². The summed E-state index contributed by atoms with van der Waals surface area (Å²) >= 11 is 0. The van der Waals surface area contributed by atoms with Gasteiger partial charge in [0.05, 0.1) is 5.69 Å². The van der Waals surface area contributed by atoms with Crippen LogP contribution in [0.25, 0.3) is 66.4 Å². The van der Waals surface area contributed by atoms with Crippen molar-refractivity contribution >= 4 is 27.8 Å². The highest BCUT2D eigenvalue weighted by molar-refractivity contribution is 6.02. The van der Waals surface area contributed by atoms with Crippen LogP contribution in [0.3, 0.4) is 0 Å². The quantitative estimate of drug-likeness (QED) is 0.155. The van der Waals surface area contributed by atoms with Gasteiger partial charge < -0.3 is 4.90 Å². The molecule has 0 saturated heterocycles. The molecule has 0 fully saturated rings. The first-order valence-electron chi connectivity index (χ1n) is 18.2. The van der Waals surface area contributed by atoms with E-state index in [-0.39, 0.29) is 0 Å². The highest BCUT2D eigenvalue weighted by Crippen LogP contribution is 2.47. The summed E-state index contributed by atoms with van der Waals surface area (Å²) in [5.41, 5.74) is 15.3. The second-order valence-corrected chi connectivity index (χ2v) is 13.3. The standard InChI is InChI=1S/C52H37N/c1-4-16-38(17-5-1)40-28-32-45(33-29-40)53(46-34-30-41(31-35-46)39-18-6-2-7-19-39)52-37-44-23-11-10-22-43(44)36-51(52)50-27-15-14-26-49(50)48-25-13-12-24-47(48)42-20-8-3-9-21-42/h1-37H. The molecule has 53 heavy (non-hydrogen) atoms. The van der Waals surface area contributed by atoms with Crippen molar-refractivity contribution in [3.05, 3.63) is 224 Å². The largest absolute Gasteiger partial charge is 0.310 e. The Hall–Kier alpha value is -6.96. The molecule has 0 radical (unpaired) electrons. The predicted molar refractivity (Wildman–Crippen MR) is 226 cm³/mol. The van der Waals surface area contributed by atoms with E-state index in [2.05, 4.69) is 229 Å². The predicted octanol–water partition coefficient (Wildman–Crippen LogP) is 14.6. The fraction of sp³-hybridized carbons (Fsp3) is 0. The van der Waals surface area contributed by atoms with Gasteiger partial charge in [0, 0.05) is 16.9 Å². The van der Waals surface area contributed by atoms with Crippen molar-refractivity contribution in [2.24, 2.45) is 0 Å². The van der Waals surface area contributed by atoms with E-state index in [0.29, 0.717) is 0 Å². The molecule has 0 aliphatic carbocycles. The summed E-state index contributed by atoms with van der Waals surface area (Å²) < 4.78 is 0. The van der Waals surface area contributed by atoms with E-state index in [0.717, 1.165) is 17.1 Å². The van der Waals surface area contributed by atoms with E-state index in [1.54, 1.807) is 0 Å². The summed E-state index contributed by atoms with van der Waals surface area (Å²) in [6.45, 7) is 0. The molecule has 0 atom stereocenters. The minimum atomic E-state index is 1.09. The van der Waals surface area contributed by atoms with Crippen molar-refractivity contribution in [2.45, 2.75) is 0 Å². The lowest BCUT2D eigenvalue weighted by atomic mass is 9.88. The van der Waals surface area contributed by atoms with Gasteiger partial charge in [0.1, 0.15) is 0 Å². The summed E-state index contributed by atoms with van der Waals surface area (Å²) in [5.74, 6) is 0. The first-order chi connectivity index (χ1) is 26.3. The van der Waals surface area contributed by atoms with Crippen molar-refractivity contribution in [1.82, 2.24) is 0 Å². The Bertz CT molecular complexity index is 2540. The molecule has 0 amide bonds. The van der Waals surface area contributed by atoms with Crippen LogP contribution in [-0.2, 0) is 0 Å². The third kappa shape index (κ3) is 6.42. The van der Waals surface area contributed by atoms with Crippen LogP contribution in [0.1, 0.15) is 0 Å². The van der Waals surface area contributed by atoms with Gasteiger partial charge in [-0.25, -0.2) is 0 Å². The Kier molecular flexibility index (Phi) is 8.66. The summed E-state index contributed by atoms with van der Waals surface area (Å²) in [7, 11) is 0. The first-order valence-corrected chi connectivity index (χ1v) is 18.2. The molecule has 0 N–H and O–H groups in total. The molecule has 0 aromatic heterocycles. The average Bonchev–Trinajstić information content (AvgIpc) is 3.25. The zero-order valence-corrected chi connectivity index (χ0v) is 29.3. The molecular weight excluding hydrogens is 639 g/mol. The van der Waals surface area contributed by atoms with Gasteiger partial charge in [-0.15, -0.1) is 0 Å². The number of fused-ring (bicyclic) bond motifs is 1. The van der Waals surface area contributed by atoms with Crippen LogP contribution in [0.2, 0.25) is 0 Å². The first kappa shape index (κ1) is 32.0. The number of hydrogen-bond acceptors (Lipinski definition) is 1. The van der Waals surface area contributed by atoms with Crippen molar-refractivity contribution < 1.29 is 0 Å². The molecule has 250 valence electrons. The van der Waals surface area contributed by atoms with Crippen molar-refractivity contribution in [1.29, 1.82) is 0 Å². The van der Waals surface area contributed by atoms with E-state index < -0.39 is 0 Å². The van der Waals surface area contributed by atoms with Gasteiger partial charge in [-0.3, -0.25) is 0 Å². The Morgan fingerprint density at radius 1 is 0.226 bits per heavy atom. The number of hydrogen-bond donors (Lipinski definition) is 0.